The number of likely N-dealkylation sites (tertiary alicyclic amines) is 1. The van der Waals surface area contributed by atoms with Crippen molar-refractivity contribution in [3.05, 3.63) is 35.9 Å². The number of hydrogen-bond donors (Lipinski definition) is 1. The Bertz CT molecular complexity index is 709. The number of carboxylic acids is 1. The van der Waals surface area contributed by atoms with Gasteiger partial charge in [0.15, 0.2) is 0 Å². The minimum Gasteiger partial charge on any atom is -0.480 e. The molecule has 132 valence electrons. The lowest BCUT2D eigenvalue weighted by Gasteiger charge is -2.23. The molecule has 0 unspecified atom stereocenters. The molecule has 1 saturated heterocycles. The van der Waals surface area contributed by atoms with Gasteiger partial charge in [-0.25, -0.2) is 18.0 Å². The van der Waals surface area contributed by atoms with Crippen LogP contribution in [0.15, 0.2) is 30.3 Å². The van der Waals surface area contributed by atoms with Gasteiger partial charge in [0.1, 0.15) is 17.9 Å². The van der Waals surface area contributed by atoms with Crippen molar-refractivity contribution in [1.82, 2.24) is 4.90 Å². The summed E-state index contributed by atoms with van der Waals surface area (Å²) >= 11 is 0. The summed E-state index contributed by atoms with van der Waals surface area (Å²) in [6.45, 7) is -0.435. The first-order valence-corrected chi connectivity index (χ1v) is 8.57. The Morgan fingerprint density at radius 3 is 2.46 bits per heavy atom. The molecular formula is C14H15F2NO6S. The first kappa shape index (κ1) is 18.1. The SMILES string of the molecule is O=C(O)[C@@H]1[C@@H](S(=O)(=O)C(F)F)CCN1C(=O)OCc1ccccc1. The van der Waals surface area contributed by atoms with Crippen molar-refractivity contribution in [2.45, 2.75) is 30.1 Å². The maximum atomic E-state index is 12.7. The van der Waals surface area contributed by atoms with E-state index in [4.69, 9.17) is 4.74 Å². The van der Waals surface area contributed by atoms with Crippen molar-refractivity contribution in [2.75, 3.05) is 6.54 Å². The van der Waals surface area contributed by atoms with E-state index in [-0.39, 0.29) is 19.6 Å². The van der Waals surface area contributed by atoms with Crippen LogP contribution >= 0.6 is 0 Å². The van der Waals surface area contributed by atoms with Crippen molar-refractivity contribution in [3.8, 4) is 0 Å². The Morgan fingerprint density at radius 2 is 1.92 bits per heavy atom. The van der Waals surface area contributed by atoms with E-state index in [0.717, 1.165) is 0 Å². The summed E-state index contributed by atoms with van der Waals surface area (Å²) in [6, 6.07) is 6.64. The fourth-order valence-corrected chi connectivity index (χ4v) is 3.86. The van der Waals surface area contributed by atoms with E-state index in [1.165, 1.54) is 0 Å². The summed E-state index contributed by atoms with van der Waals surface area (Å²) in [4.78, 5) is 24.0. The lowest BCUT2D eigenvalue weighted by molar-refractivity contribution is -0.141. The second kappa shape index (κ2) is 7.12. The molecule has 1 fully saturated rings. The maximum Gasteiger partial charge on any atom is 0.410 e. The third-order valence-corrected chi connectivity index (χ3v) is 5.54. The smallest absolute Gasteiger partial charge is 0.410 e. The second-order valence-corrected chi connectivity index (χ2v) is 7.33. The predicted molar refractivity (Wildman–Crippen MR) is 78.1 cm³/mol. The standard InChI is InChI=1S/C14H15F2NO6S/c15-13(16)24(21,22)10-6-7-17(11(10)12(18)19)14(20)23-8-9-4-2-1-3-5-9/h1-5,10-11,13H,6-8H2,(H,18,19)/t10-,11-/m0/s1. The Hall–Kier alpha value is -2.23. The number of aliphatic carboxylic acids is 1. The first-order valence-electron chi connectivity index (χ1n) is 6.96. The molecule has 0 bridgehead atoms. The predicted octanol–water partition coefficient (Wildman–Crippen LogP) is 1.49. The summed E-state index contributed by atoms with van der Waals surface area (Å²) in [5.74, 6) is -5.37. The van der Waals surface area contributed by atoms with Crippen LogP contribution in [0.4, 0.5) is 13.6 Å². The number of halogens is 2. The molecule has 1 aromatic rings. The van der Waals surface area contributed by atoms with Crippen LogP contribution < -0.4 is 0 Å². The van der Waals surface area contributed by atoms with Gasteiger partial charge in [-0.3, -0.25) is 4.90 Å². The monoisotopic (exact) mass is 363 g/mol. The van der Waals surface area contributed by atoms with Crippen LogP contribution in [-0.4, -0.2) is 54.1 Å². The lowest BCUT2D eigenvalue weighted by atomic mass is 10.2. The highest BCUT2D eigenvalue weighted by Gasteiger charge is 2.51. The molecule has 0 aromatic heterocycles. The molecule has 7 nitrogen and oxygen atoms in total. The van der Waals surface area contributed by atoms with Crippen LogP contribution in [0.1, 0.15) is 12.0 Å². The van der Waals surface area contributed by atoms with Crippen LogP contribution in [0, 0.1) is 0 Å². The minimum absolute atomic E-state index is 0.144. The zero-order valence-electron chi connectivity index (χ0n) is 12.3. The third kappa shape index (κ3) is 3.64. The molecule has 10 heteroatoms. The van der Waals surface area contributed by atoms with Gasteiger partial charge in [0.05, 0.1) is 0 Å². The van der Waals surface area contributed by atoms with Gasteiger partial charge in [-0.15, -0.1) is 0 Å². The van der Waals surface area contributed by atoms with Gasteiger partial charge >= 0.3 is 17.8 Å². The molecule has 0 radical (unpaired) electrons. The summed E-state index contributed by atoms with van der Waals surface area (Å²) in [5, 5.41) is 7.31. The number of nitrogens with zero attached hydrogens (tertiary/aromatic N) is 1. The van der Waals surface area contributed by atoms with E-state index >= 15 is 0 Å². The molecule has 1 aliphatic heterocycles. The van der Waals surface area contributed by atoms with E-state index in [0.29, 0.717) is 10.5 Å². The van der Waals surface area contributed by atoms with Crippen molar-refractivity contribution in [1.29, 1.82) is 0 Å². The largest absolute Gasteiger partial charge is 0.480 e. The van der Waals surface area contributed by atoms with E-state index < -0.39 is 38.9 Å². The Labute approximate surface area is 136 Å². The zero-order chi connectivity index (χ0) is 17.9. The van der Waals surface area contributed by atoms with Crippen LogP contribution in [-0.2, 0) is 26.0 Å². The fraction of sp³-hybridized carbons (Fsp3) is 0.429. The van der Waals surface area contributed by atoms with E-state index in [9.17, 15) is 31.9 Å². The molecule has 0 spiro atoms. The molecule has 24 heavy (non-hydrogen) atoms. The molecular weight excluding hydrogens is 348 g/mol. The van der Waals surface area contributed by atoms with Gasteiger partial charge < -0.3 is 9.84 Å². The van der Waals surface area contributed by atoms with Gasteiger partial charge in [-0.1, -0.05) is 30.3 Å². The quantitative estimate of drug-likeness (QED) is 0.851. The summed E-state index contributed by atoms with van der Waals surface area (Å²) in [5.41, 5.74) is 0.647. The van der Waals surface area contributed by atoms with Gasteiger partial charge in [-0.05, 0) is 12.0 Å². The molecule has 1 heterocycles. The van der Waals surface area contributed by atoms with E-state index in [1.807, 2.05) is 0 Å². The van der Waals surface area contributed by atoms with E-state index in [1.54, 1.807) is 30.3 Å². The van der Waals surface area contributed by atoms with Crippen LogP contribution in [0.5, 0.6) is 0 Å². The molecule has 2 atom stereocenters. The molecule has 0 saturated carbocycles. The topological polar surface area (TPSA) is 101 Å². The third-order valence-electron chi connectivity index (χ3n) is 3.71. The molecule has 1 aliphatic rings. The molecule has 0 aliphatic carbocycles. The van der Waals surface area contributed by atoms with Crippen molar-refractivity contribution in [3.63, 3.8) is 0 Å². The van der Waals surface area contributed by atoms with Gasteiger partial charge in [0.2, 0.25) is 9.84 Å². The average Bonchev–Trinajstić information content (AvgIpc) is 2.99. The summed E-state index contributed by atoms with van der Waals surface area (Å²) in [6.07, 6.45) is -1.44. The number of hydrogen-bond acceptors (Lipinski definition) is 5. The van der Waals surface area contributed by atoms with Crippen LogP contribution in [0.2, 0.25) is 0 Å². The summed E-state index contributed by atoms with van der Waals surface area (Å²) in [7, 11) is -4.97. The normalized spacial score (nSPS) is 21.0. The van der Waals surface area contributed by atoms with Crippen LogP contribution in [0.25, 0.3) is 0 Å². The van der Waals surface area contributed by atoms with Crippen LogP contribution in [0.3, 0.4) is 0 Å². The summed E-state index contributed by atoms with van der Waals surface area (Å²) < 4.78 is 53.5. The van der Waals surface area contributed by atoms with Gasteiger partial charge in [0.25, 0.3) is 0 Å². The zero-order valence-corrected chi connectivity index (χ0v) is 13.2. The number of benzene rings is 1. The Kier molecular flexibility index (Phi) is 5.37. The van der Waals surface area contributed by atoms with Gasteiger partial charge in [-0.2, -0.15) is 8.78 Å². The highest BCUT2D eigenvalue weighted by atomic mass is 32.2. The number of alkyl halides is 2. The average molecular weight is 363 g/mol. The molecule has 1 aromatic carbocycles. The highest BCUT2D eigenvalue weighted by molar-refractivity contribution is 7.92. The number of rotatable bonds is 5. The fourth-order valence-electron chi connectivity index (χ4n) is 2.54. The number of carbonyl (C=O) groups excluding carboxylic acids is 1. The van der Waals surface area contributed by atoms with Gasteiger partial charge in [0, 0.05) is 6.54 Å². The minimum atomic E-state index is -4.97. The lowest BCUT2D eigenvalue weighted by Crippen LogP contribution is -2.48. The van der Waals surface area contributed by atoms with Crippen molar-refractivity contribution >= 4 is 21.9 Å². The number of amides is 1. The Balaban J connectivity index is 2.12. The van der Waals surface area contributed by atoms with Crippen molar-refractivity contribution < 1.29 is 36.6 Å². The maximum absolute atomic E-state index is 12.7. The van der Waals surface area contributed by atoms with Crippen molar-refractivity contribution in [2.24, 2.45) is 0 Å². The second-order valence-electron chi connectivity index (χ2n) is 5.19. The number of ether oxygens (including phenoxy) is 1. The Morgan fingerprint density at radius 1 is 1.29 bits per heavy atom. The highest BCUT2D eigenvalue weighted by Crippen LogP contribution is 2.29. The van der Waals surface area contributed by atoms with E-state index in [2.05, 4.69) is 0 Å². The first-order chi connectivity index (χ1) is 11.2. The molecule has 1 N–H and O–H groups in total. The molecule has 1 amide bonds. The molecule has 2 rings (SSSR count). The number of carbonyl (C=O) groups is 2. The number of carboxylic acid groups (broad SMARTS) is 1. The number of sulfone groups is 1.